The van der Waals surface area contributed by atoms with Crippen LogP contribution in [0.4, 0.5) is 0 Å². The van der Waals surface area contributed by atoms with Crippen molar-refractivity contribution in [3.05, 3.63) is 59.1 Å². The Morgan fingerprint density at radius 2 is 1.84 bits per heavy atom. The van der Waals surface area contributed by atoms with Gasteiger partial charge in [-0.1, -0.05) is 17.7 Å². The van der Waals surface area contributed by atoms with Gasteiger partial charge in [0.05, 0.1) is 11.5 Å². The summed E-state index contributed by atoms with van der Waals surface area (Å²) >= 11 is 5.89. The quantitative estimate of drug-likeness (QED) is 0.690. The molecule has 0 heterocycles. The van der Waals surface area contributed by atoms with E-state index in [2.05, 4.69) is 0 Å². The first-order chi connectivity index (χ1) is 11.8. The molecule has 1 amide bonds. The zero-order valence-electron chi connectivity index (χ0n) is 14.1. The summed E-state index contributed by atoms with van der Waals surface area (Å²) in [7, 11) is -1.56. The number of ether oxygens (including phenoxy) is 1. The van der Waals surface area contributed by atoms with Gasteiger partial charge in [0, 0.05) is 30.4 Å². The van der Waals surface area contributed by atoms with E-state index in [1.807, 2.05) is 12.1 Å². The van der Waals surface area contributed by atoms with Crippen molar-refractivity contribution in [2.45, 2.75) is 11.3 Å². The van der Waals surface area contributed by atoms with Crippen molar-refractivity contribution in [3.8, 4) is 5.75 Å². The minimum atomic E-state index is -3.26. The van der Waals surface area contributed by atoms with E-state index in [1.165, 1.54) is 24.3 Å². The predicted octanol–water partition coefficient (Wildman–Crippen LogP) is 3.28. The third-order valence-corrected chi connectivity index (χ3v) is 4.94. The van der Waals surface area contributed by atoms with Crippen molar-refractivity contribution in [1.82, 2.24) is 4.90 Å². The highest BCUT2D eigenvalue weighted by atomic mass is 35.5. The van der Waals surface area contributed by atoms with Gasteiger partial charge in [-0.3, -0.25) is 4.79 Å². The summed E-state index contributed by atoms with van der Waals surface area (Å²) in [6.45, 7) is 0.984. The maximum absolute atomic E-state index is 12.3. The molecular weight excluding hydrogens is 362 g/mol. The van der Waals surface area contributed by atoms with E-state index in [0.717, 1.165) is 6.26 Å². The lowest BCUT2D eigenvalue weighted by Crippen LogP contribution is -2.28. The van der Waals surface area contributed by atoms with Gasteiger partial charge in [0.1, 0.15) is 5.75 Å². The summed E-state index contributed by atoms with van der Waals surface area (Å²) in [5.74, 6) is 0.528. The van der Waals surface area contributed by atoms with Crippen molar-refractivity contribution in [2.75, 3.05) is 26.5 Å². The number of amides is 1. The van der Waals surface area contributed by atoms with Crippen LogP contribution in [0.25, 0.3) is 0 Å². The van der Waals surface area contributed by atoms with E-state index >= 15 is 0 Å². The topological polar surface area (TPSA) is 63.7 Å². The summed E-state index contributed by atoms with van der Waals surface area (Å²) in [6, 6.07) is 13.1. The second-order valence-corrected chi connectivity index (χ2v) is 8.13. The fourth-order valence-corrected chi connectivity index (χ4v) is 3.03. The van der Waals surface area contributed by atoms with Gasteiger partial charge in [0.2, 0.25) is 0 Å². The van der Waals surface area contributed by atoms with Crippen molar-refractivity contribution in [3.63, 3.8) is 0 Å². The van der Waals surface area contributed by atoms with Crippen molar-refractivity contribution in [1.29, 1.82) is 0 Å². The van der Waals surface area contributed by atoms with E-state index < -0.39 is 9.84 Å². The van der Waals surface area contributed by atoms with E-state index in [4.69, 9.17) is 16.3 Å². The Morgan fingerprint density at radius 3 is 2.44 bits per heavy atom. The molecule has 2 aromatic rings. The van der Waals surface area contributed by atoms with E-state index in [0.29, 0.717) is 35.9 Å². The van der Waals surface area contributed by atoms with Crippen molar-refractivity contribution in [2.24, 2.45) is 0 Å². The lowest BCUT2D eigenvalue weighted by atomic mass is 10.2. The largest absolute Gasteiger partial charge is 0.493 e. The standard InChI is InChI=1S/C18H20ClNO4S/c1-20(11-4-12-24-16-6-3-5-15(19)13-16)18(21)14-7-9-17(10-8-14)25(2,22)23/h3,5-10,13H,4,11-12H2,1-2H3. The molecule has 7 heteroatoms. The van der Waals surface area contributed by atoms with Crippen LogP contribution >= 0.6 is 11.6 Å². The van der Waals surface area contributed by atoms with Crippen LogP contribution in [0.15, 0.2) is 53.4 Å². The average molecular weight is 382 g/mol. The number of hydrogen-bond donors (Lipinski definition) is 0. The molecule has 0 saturated heterocycles. The van der Waals surface area contributed by atoms with Crippen LogP contribution in [-0.2, 0) is 9.84 Å². The highest BCUT2D eigenvalue weighted by Gasteiger charge is 2.13. The molecule has 2 aromatic carbocycles. The van der Waals surface area contributed by atoms with Gasteiger partial charge >= 0.3 is 0 Å². The molecule has 0 aliphatic rings. The molecule has 0 aromatic heterocycles. The normalized spacial score (nSPS) is 11.2. The third-order valence-electron chi connectivity index (χ3n) is 3.58. The third kappa shape index (κ3) is 5.76. The molecule has 134 valence electrons. The first-order valence-corrected chi connectivity index (χ1v) is 9.98. The first kappa shape index (κ1) is 19.3. The van der Waals surface area contributed by atoms with Crippen LogP contribution < -0.4 is 4.74 Å². The van der Waals surface area contributed by atoms with E-state index in [-0.39, 0.29) is 10.8 Å². The smallest absolute Gasteiger partial charge is 0.253 e. The van der Waals surface area contributed by atoms with Gasteiger partial charge in [-0.25, -0.2) is 8.42 Å². The average Bonchev–Trinajstić information content (AvgIpc) is 2.57. The molecule has 0 atom stereocenters. The molecule has 5 nitrogen and oxygen atoms in total. The fourth-order valence-electron chi connectivity index (χ4n) is 2.22. The van der Waals surface area contributed by atoms with Gasteiger partial charge in [-0.2, -0.15) is 0 Å². The SMILES string of the molecule is CN(CCCOc1cccc(Cl)c1)C(=O)c1ccc(S(C)(=O)=O)cc1. The fraction of sp³-hybridized carbons (Fsp3) is 0.278. The number of carbonyl (C=O) groups excluding carboxylic acids is 1. The highest BCUT2D eigenvalue weighted by molar-refractivity contribution is 7.90. The van der Waals surface area contributed by atoms with Gasteiger partial charge in [0.15, 0.2) is 9.84 Å². The molecule has 0 unspecified atom stereocenters. The summed E-state index contributed by atoms with van der Waals surface area (Å²) in [5, 5.41) is 0.613. The molecular formula is C18H20ClNO4S. The first-order valence-electron chi connectivity index (χ1n) is 7.71. The Balaban J connectivity index is 1.84. The second kappa shape index (κ2) is 8.36. The number of benzene rings is 2. The van der Waals surface area contributed by atoms with Gasteiger partial charge in [0.25, 0.3) is 5.91 Å². The second-order valence-electron chi connectivity index (χ2n) is 5.68. The predicted molar refractivity (Wildman–Crippen MR) is 98.1 cm³/mol. The number of carbonyl (C=O) groups is 1. The van der Waals surface area contributed by atoms with Crippen LogP contribution in [0.1, 0.15) is 16.8 Å². The van der Waals surface area contributed by atoms with Crippen LogP contribution in [0.2, 0.25) is 5.02 Å². The zero-order chi connectivity index (χ0) is 18.4. The van der Waals surface area contributed by atoms with Crippen LogP contribution in [0.5, 0.6) is 5.75 Å². The molecule has 0 N–H and O–H groups in total. The number of rotatable bonds is 7. The molecule has 0 aliphatic heterocycles. The summed E-state index contributed by atoms with van der Waals surface area (Å²) in [4.78, 5) is 14.1. The minimum Gasteiger partial charge on any atom is -0.493 e. The lowest BCUT2D eigenvalue weighted by Gasteiger charge is -2.17. The number of halogens is 1. The van der Waals surface area contributed by atoms with E-state index in [9.17, 15) is 13.2 Å². The summed E-state index contributed by atoms with van der Waals surface area (Å²) in [5.41, 5.74) is 0.450. The van der Waals surface area contributed by atoms with Gasteiger partial charge < -0.3 is 9.64 Å². The Bertz CT molecular complexity index is 834. The molecule has 0 spiro atoms. The van der Waals surface area contributed by atoms with Crippen LogP contribution in [0, 0.1) is 0 Å². The molecule has 0 saturated carbocycles. The lowest BCUT2D eigenvalue weighted by molar-refractivity contribution is 0.0787. The number of sulfone groups is 1. The molecule has 2 rings (SSSR count). The van der Waals surface area contributed by atoms with Gasteiger partial charge in [-0.05, 0) is 48.9 Å². The molecule has 0 aliphatic carbocycles. The Morgan fingerprint density at radius 1 is 1.16 bits per heavy atom. The molecule has 0 radical (unpaired) electrons. The zero-order valence-corrected chi connectivity index (χ0v) is 15.7. The van der Waals surface area contributed by atoms with Crippen molar-refractivity contribution >= 4 is 27.3 Å². The summed E-state index contributed by atoms with van der Waals surface area (Å²) in [6.07, 6.45) is 1.80. The van der Waals surface area contributed by atoms with Crippen molar-refractivity contribution < 1.29 is 17.9 Å². The van der Waals surface area contributed by atoms with E-state index in [1.54, 1.807) is 24.1 Å². The maximum atomic E-state index is 12.3. The van der Waals surface area contributed by atoms with Crippen LogP contribution in [0.3, 0.4) is 0 Å². The Hall–Kier alpha value is -2.05. The monoisotopic (exact) mass is 381 g/mol. The Kier molecular flexibility index (Phi) is 6.45. The molecule has 0 bridgehead atoms. The highest BCUT2D eigenvalue weighted by Crippen LogP contribution is 2.17. The number of nitrogens with zero attached hydrogens (tertiary/aromatic N) is 1. The molecule has 25 heavy (non-hydrogen) atoms. The molecule has 0 fully saturated rings. The minimum absolute atomic E-state index is 0.164. The Labute approximate surface area is 153 Å². The van der Waals surface area contributed by atoms with Gasteiger partial charge in [-0.15, -0.1) is 0 Å². The van der Waals surface area contributed by atoms with Crippen LogP contribution in [-0.4, -0.2) is 45.7 Å². The number of hydrogen-bond acceptors (Lipinski definition) is 4. The maximum Gasteiger partial charge on any atom is 0.253 e. The summed E-state index contributed by atoms with van der Waals surface area (Å²) < 4.78 is 28.5.